The molecule has 0 aromatic heterocycles. The lowest BCUT2D eigenvalue weighted by Gasteiger charge is -2.63. The number of ether oxygens (including phenoxy) is 2. The number of ketones is 1. The molecule has 1 saturated heterocycles. The van der Waals surface area contributed by atoms with Crippen molar-refractivity contribution in [3.05, 3.63) is 11.6 Å². The zero-order chi connectivity index (χ0) is 21.9. The Morgan fingerprint density at radius 3 is 2.57 bits per heavy atom. The van der Waals surface area contributed by atoms with Gasteiger partial charge in [0.15, 0.2) is 17.2 Å². The molecule has 30 heavy (non-hydrogen) atoms. The topological polar surface area (TPSA) is 93.1 Å². The van der Waals surface area contributed by atoms with Crippen LogP contribution >= 0.6 is 0 Å². The van der Waals surface area contributed by atoms with E-state index >= 15 is 4.39 Å². The van der Waals surface area contributed by atoms with Crippen molar-refractivity contribution in [1.82, 2.24) is 0 Å². The van der Waals surface area contributed by atoms with Gasteiger partial charge in [0.25, 0.3) is 0 Å². The third-order valence-electron chi connectivity index (χ3n) is 9.35. The van der Waals surface area contributed by atoms with Crippen LogP contribution in [0.25, 0.3) is 0 Å². The van der Waals surface area contributed by atoms with Crippen LogP contribution in [-0.2, 0) is 19.1 Å². The summed E-state index contributed by atoms with van der Waals surface area (Å²) in [6, 6.07) is 0. The van der Waals surface area contributed by atoms with Gasteiger partial charge in [0.1, 0.15) is 11.8 Å². The number of aliphatic carboxylic acids is 1. The van der Waals surface area contributed by atoms with E-state index in [1.807, 2.05) is 13.8 Å². The molecule has 4 fully saturated rings. The Morgan fingerprint density at radius 2 is 1.90 bits per heavy atom. The van der Waals surface area contributed by atoms with Gasteiger partial charge in [-0.3, -0.25) is 4.79 Å². The number of hydrogen-bond donors (Lipinski definition) is 2. The number of fused-ring (bicyclic) bond motifs is 7. The van der Waals surface area contributed by atoms with Gasteiger partial charge >= 0.3 is 5.97 Å². The maximum atomic E-state index is 17.1. The van der Waals surface area contributed by atoms with Crippen molar-refractivity contribution < 1.29 is 33.7 Å². The largest absolute Gasteiger partial charge is 0.479 e. The molecule has 8 atom stereocenters. The second-order valence-corrected chi connectivity index (χ2v) is 11.0. The molecular formula is C23H31FO6. The Morgan fingerprint density at radius 1 is 1.20 bits per heavy atom. The smallest absolute Gasteiger partial charge is 0.339 e. The summed E-state index contributed by atoms with van der Waals surface area (Å²) >= 11 is 0. The van der Waals surface area contributed by atoms with Gasteiger partial charge < -0.3 is 19.7 Å². The van der Waals surface area contributed by atoms with Crippen molar-refractivity contribution in [2.45, 2.75) is 95.5 Å². The number of halogens is 1. The third-order valence-corrected chi connectivity index (χ3v) is 9.35. The Labute approximate surface area is 175 Å². The summed E-state index contributed by atoms with van der Waals surface area (Å²) in [5.41, 5.74) is -4.60. The number of carbonyl (C=O) groups is 2. The highest BCUT2D eigenvalue weighted by atomic mass is 19.1. The van der Waals surface area contributed by atoms with E-state index in [-0.39, 0.29) is 24.5 Å². The number of carboxylic acids is 1. The first-order chi connectivity index (χ1) is 13.8. The minimum Gasteiger partial charge on any atom is -0.479 e. The zero-order valence-corrected chi connectivity index (χ0v) is 18.0. The van der Waals surface area contributed by atoms with Gasteiger partial charge in [-0.15, -0.1) is 0 Å². The molecule has 0 aromatic rings. The van der Waals surface area contributed by atoms with Gasteiger partial charge in [-0.05, 0) is 57.9 Å². The monoisotopic (exact) mass is 422 g/mol. The Hall–Kier alpha value is -1.31. The maximum Gasteiger partial charge on any atom is 0.339 e. The number of hydrogen-bond acceptors (Lipinski definition) is 5. The predicted molar refractivity (Wildman–Crippen MR) is 104 cm³/mol. The van der Waals surface area contributed by atoms with Crippen LogP contribution in [0, 0.1) is 22.7 Å². The molecule has 166 valence electrons. The van der Waals surface area contributed by atoms with Crippen LogP contribution in [0.4, 0.5) is 4.39 Å². The highest BCUT2D eigenvalue weighted by Crippen LogP contribution is 2.72. The molecule has 1 aliphatic heterocycles. The summed E-state index contributed by atoms with van der Waals surface area (Å²) in [7, 11) is 0. The highest BCUT2D eigenvalue weighted by Gasteiger charge is 2.80. The summed E-state index contributed by atoms with van der Waals surface area (Å²) in [4.78, 5) is 24.6. The first kappa shape index (κ1) is 20.6. The van der Waals surface area contributed by atoms with Crippen LogP contribution in [-0.4, -0.2) is 51.2 Å². The van der Waals surface area contributed by atoms with Gasteiger partial charge in [-0.2, -0.15) is 0 Å². The first-order valence-corrected chi connectivity index (χ1v) is 11.0. The number of carbonyl (C=O) groups excluding carboxylic acids is 1. The summed E-state index contributed by atoms with van der Waals surface area (Å²) in [6.07, 6.45) is 1.66. The third kappa shape index (κ3) is 2.10. The van der Waals surface area contributed by atoms with Crippen molar-refractivity contribution in [2.75, 3.05) is 0 Å². The van der Waals surface area contributed by atoms with E-state index in [0.717, 1.165) is 5.57 Å². The first-order valence-electron chi connectivity index (χ1n) is 11.0. The SMILES string of the molecule is CC1(C)O[C@@H]2C[C@H]3[C@@H]4CCC5=CC(=O)CC[C@]5(C)[C@@]4(F)[C@@H](O)C[C@]3(C)[C@]2(C(=O)O)O1. The number of carboxylic acid groups (broad SMARTS) is 1. The second-order valence-electron chi connectivity index (χ2n) is 11.0. The fraction of sp³-hybridized carbons (Fsp3) is 0.826. The van der Waals surface area contributed by atoms with E-state index in [9.17, 15) is 19.8 Å². The molecule has 5 aliphatic rings. The molecule has 1 heterocycles. The lowest BCUT2D eigenvalue weighted by molar-refractivity contribution is -0.256. The number of allylic oxidation sites excluding steroid dienone is 1. The normalized spacial score (nSPS) is 53.9. The lowest BCUT2D eigenvalue weighted by atomic mass is 9.44. The van der Waals surface area contributed by atoms with E-state index in [2.05, 4.69) is 0 Å². The van der Waals surface area contributed by atoms with E-state index in [0.29, 0.717) is 25.7 Å². The standard InChI is InChI=1S/C23H31FO6/c1-19(2)29-17-10-15-14-6-5-12-9-13(25)7-8-20(12,3)22(14,24)16(26)11-21(15,4)23(17,30-19)18(27)28/h9,14-17,26H,5-8,10-11H2,1-4H3,(H,27,28)/t14-,15-,16-,17+,20-,21-,22-,23-/m0/s1. The molecule has 2 N–H and O–H groups in total. The van der Waals surface area contributed by atoms with Crippen LogP contribution in [0.5, 0.6) is 0 Å². The van der Waals surface area contributed by atoms with Crippen LogP contribution in [0.1, 0.15) is 66.2 Å². The highest BCUT2D eigenvalue weighted by molar-refractivity contribution is 5.91. The fourth-order valence-corrected chi connectivity index (χ4v) is 8.04. The van der Waals surface area contributed by atoms with Crippen LogP contribution in [0.3, 0.4) is 0 Å². The quantitative estimate of drug-likeness (QED) is 0.674. The molecule has 5 rings (SSSR count). The molecule has 0 amide bonds. The lowest BCUT2D eigenvalue weighted by Crippen LogP contribution is -2.70. The van der Waals surface area contributed by atoms with E-state index in [1.54, 1.807) is 19.9 Å². The number of aliphatic hydroxyl groups is 1. The van der Waals surface area contributed by atoms with E-state index < -0.39 is 52.0 Å². The van der Waals surface area contributed by atoms with Gasteiger partial charge in [0.05, 0.1) is 6.10 Å². The van der Waals surface area contributed by atoms with Crippen molar-refractivity contribution >= 4 is 11.8 Å². The minimum absolute atomic E-state index is 0.0102. The maximum absolute atomic E-state index is 17.1. The molecule has 7 heteroatoms. The zero-order valence-electron chi connectivity index (χ0n) is 18.0. The van der Waals surface area contributed by atoms with E-state index in [1.165, 1.54) is 0 Å². The van der Waals surface area contributed by atoms with Gasteiger partial charge in [0, 0.05) is 23.2 Å². The minimum atomic E-state index is -1.91. The van der Waals surface area contributed by atoms with Gasteiger partial charge in [-0.1, -0.05) is 19.4 Å². The Balaban J connectivity index is 1.63. The Bertz CT molecular complexity index is 868. The number of aliphatic hydroxyl groups excluding tert-OH is 1. The summed E-state index contributed by atoms with van der Waals surface area (Å²) in [6.45, 7) is 7.06. The van der Waals surface area contributed by atoms with Crippen LogP contribution in [0.2, 0.25) is 0 Å². The summed E-state index contributed by atoms with van der Waals surface area (Å²) < 4.78 is 29.2. The fourth-order valence-electron chi connectivity index (χ4n) is 8.04. The molecule has 3 saturated carbocycles. The average molecular weight is 422 g/mol. The summed E-state index contributed by atoms with van der Waals surface area (Å²) in [5.74, 6) is -2.95. The number of alkyl halides is 1. The molecule has 0 radical (unpaired) electrons. The summed E-state index contributed by atoms with van der Waals surface area (Å²) in [5, 5.41) is 21.6. The van der Waals surface area contributed by atoms with E-state index in [4.69, 9.17) is 9.47 Å². The van der Waals surface area contributed by atoms with Gasteiger partial charge in [-0.25, -0.2) is 9.18 Å². The van der Waals surface area contributed by atoms with Crippen molar-refractivity contribution in [1.29, 1.82) is 0 Å². The van der Waals surface area contributed by atoms with Crippen molar-refractivity contribution in [3.63, 3.8) is 0 Å². The van der Waals surface area contributed by atoms with Crippen molar-refractivity contribution in [2.24, 2.45) is 22.7 Å². The molecule has 0 unspecified atom stereocenters. The van der Waals surface area contributed by atoms with Crippen LogP contribution in [0.15, 0.2) is 11.6 Å². The molecule has 0 spiro atoms. The predicted octanol–water partition coefficient (Wildman–Crippen LogP) is 3.17. The molecule has 6 nitrogen and oxygen atoms in total. The molecule has 0 aromatic carbocycles. The molecule has 0 bridgehead atoms. The molecule has 4 aliphatic carbocycles. The second kappa shape index (κ2) is 5.73. The molecular weight excluding hydrogens is 391 g/mol. The average Bonchev–Trinajstić information content (AvgIpc) is 3.04. The van der Waals surface area contributed by atoms with Crippen molar-refractivity contribution in [3.8, 4) is 0 Å². The number of rotatable bonds is 1. The Kier molecular flexibility index (Phi) is 3.93. The van der Waals surface area contributed by atoms with Crippen LogP contribution < -0.4 is 0 Å². The van der Waals surface area contributed by atoms with Gasteiger partial charge in [0.2, 0.25) is 0 Å².